The van der Waals surface area contributed by atoms with Crippen molar-refractivity contribution < 1.29 is 14.6 Å². The molecule has 0 unspecified atom stereocenters. The zero-order valence-electron chi connectivity index (χ0n) is 12.5. The molecule has 0 saturated heterocycles. The fraction of sp³-hybridized carbons (Fsp3) is 0.118. The van der Waals surface area contributed by atoms with Gasteiger partial charge in [-0.25, -0.2) is 5.43 Å². The molecule has 6 nitrogen and oxygen atoms in total. The van der Waals surface area contributed by atoms with Crippen molar-refractivity contribution in [1.82, 2.24) is 5.43 Å². The number of hydrazone groups is 1. The minimum absolute atomic E-state index is 0.0767. The molecule has 0 bridgehead atoms. The third-order valence-corrected chi connectivity index (χ3v) is 2.94. The fourth-order valence-electron chi connectivity index (χ4n) is 1.81. The Morgan fingerprint density at radius 1 is 1.39 bits per heavy atom. The SMILES string of the molecule is Cc1ccc(O)c(C=NNC(=O)COc2ccccc2C#N)c1. The number of hydrogen-bond acceptors (Lipinski definition) is 5. The van der Waals surface area contributed by atoms with E-state index in [1.807, 2.05) is 13.0 Å². The highest BCUT2D eigenvalue weighted by atomic mass is 16.5. The third kappa shape index (κ3) is 4.58. The highest BCUT2D eigenvalue weighted by molar-refractivity contribution is 5.85. The molecule has 6 heteroatoms. The van der Waals surface area contributed by atoms with Crippen molar-refractivity contribution in [3.8, 4) is 17.6 Å². The van der Waals surface area contributed by atoms with E-state index in [0.29, 0.717) is 16.9 Å². The molecule has 0 fully saturated rings. The summed E-state index contributed by atoms with van der Waals surface area (Å²) in [5, 5.41) is 22.3. The summed E-state index contributed by atoms with van der Waals surface area (Å²) in [6.07, 6.45) is 1.35. The van der Waals surface area contributed by atoms with Crippen LogP contribution >= 0.6 is 0 Å². The van der Waals surface area contributed by atoms with Crippen LogP contribution in [0, 0.1) is 18.3 Å². The second kappa shape index (κ2) is 7.61. The Labute approximate surface area is 133 Å². The van der Waals surface area contributed by atoms with Crippen LogP contribution in [0.2, 0.25) is 0 Å². The van der Waals surface area contributed by atoms with Gasteiger partial charge in [0, 0.05) is 5.56 Å². The highest BCUT2D eigenvalue weighted by Crippen LogP contribution is 2.16. The van der Waals surface area contributed by atoms with E-state index >= 15 is 0 Å². The molecule has 2 aromatic rings. The molecule has 0 spiro atoms. The van der Waals surface area contributed by atoms with Crippen LogP contribution in [0.4, 0.5) is 0 Å². The summed E-state index contributed by atoms with van der Waals surface area (Å²) < 4.78 is 5.28. The first kappa shape index (κ1) is 16.0. The Morgan fingerprint density at radius 3 is 2.96 bits per heavy atom. The van der Waals surface area contributed by atoms with Crippen molar-refractivity contribution >= 4 is 12.1 Å². The van der Waals surface area contributed by atoms with Crippen LogP contribution < -0.4 is 10.2 Å². The maximum atomic E-state index is 11.7. The topological polar surface area (TPSA) is 94.7 Å². The molecule has 2 N–H and O–H groups in total. The minimum atomic E-state index is -0.471. The van der Waals surface area contributed by atoms with Crippen molar-refractivity contribution in [1.29, 1.82) is 5.26 Å². The molecular weight excluding hydrogens is 294 g/mol. The molecule has 0 aliphatic rings. The number of carbonyl (C=O) groups is 1. The number of benzene rings is 2. The van der Waals surface area contributed by atoms with Crippen LogP contribution in [0.25, 0.3) is 0 Å². The van der Waals surface area contributed by atoms with E-state index in [1.54, 1.807) is 42.5 Å². The van der Waals surface area contributed by atoms with Crippen LogP contribution in [0.5, 0.6) is 11.5 Å². The number of phenols is 1. The van der Waals surface area contributed by atoms with Gasteiger partial charge in [-0.15, -0.1) is 0 Å². The maximum Gasteiger partial charge on any atom is 0.277 e. The van der Waals surface area contributed by atoms with Crippen LogP contribution in [0.1, 0.15) is 16.7 Å². The van der Waals surface area contributed by atoms with E-state index in [1.165, 1.54) is 6.21 Å². The Kier molecular flexibility index (Phi) is 5.31. The lowest BCUT2D eigenvalue weighted by Crippen LogP contribution is -2.24. The minimum Gasteiger partial charge on any atom is -0.507 e. The quantitative estimate of drug-likeness (QED) is 0.653. The monoisotopic (exact) mass is 309 g/mol. The number of nitriles is 1. The zero-order chi connectivity index (χ0) is 16.7. The summed E-state index contributed by atoms with van der Waals surface area (Å²) in [7, 11) is 0. The average molecular weight is 309 g/mol. The highest BCUT2D eigenvalue weighted by Gasteiger charge is 2.05. The van der Waals surface area contributed by atoms with E-state index in [2.05, 4.69) is 10.5 Å². The lowest BCUT2D eigenvalue weighted by atomic mass is 10.1. The van der Waals surface area contributed by atoms with Crippen molar-refractivity contribution in [3.63, 3.8) is 0 Å². The maximum absolute atomic E-state index is 11.7. The predicted octanol–water partition coefficient (Wildman–Crippen LogP) is 2.10. The van der Waals surface area contributed by atoms with Crippen molar-refractivity contribution in [3.05, 3.63) is 59.2 Å². The van der Waals surface area contributed by atoms with Gasteiger partial charge in [0.15, 0.2) is 6.61 Å². The molecule has 0 aliphatic heterocycles. The summed E-state index contributed by atoms with van der Waals surface area (Å²) >= 11 is 0. The molecule has 0 heterocycles. The van der Waals surface area contributed by atoms with Crippen LogP contribution in [-0.2, 0) is 4.79 Å². The van der Waals surface area contributed by atoms with Crippen molar-refractivity contribution in [2.45, 2.75) is 6.92 Å². The summed E-state index contributed by atoms with van der Waals surface area (Å²) in [6.45, 7) is 1.62. The normalized spacial score (nSPS) is 10.3. The first-order valence-electron chi connectivity index (χ1n) is 6.83. The molecule has 0 radical (unpaired) electrons. The third-order valence-electron chi connectivity index (χ3n) is 2.94. The van der Waals surface area contributed by atoms with Gasteiger partial charge in [-0.3, -0.25) is 4.79 Å². The summed E-state index contributed by atoms with van der Waals surface area (Å²) in [6, 6.07) is 13.7. The molecular formula is C17H15N3O3. The van der Waals surface area contributed by atoms with Crippen molar-refractivity contribution in [2.24, 2.45) is 5.10 Å². The number of phenolic OH excluding ortho intramolecular Hbond substituents is 1. The lowest BCUT2D eigenvalue weighted by Gasteiger charge is -2.06. The van der Waals surface area contributed by atoms with Gasteiger partial charge in [-0.1, -0.05) is 23.8 Å². The van der Waals surface area contributed by atoms with E-state index in [-0.39, 0.29) is 12.4 Å². The molecule has 0 atom stereocenters. The van der Waals surface area contributed by atoms with E-state index < -0.39 is 5.91 Å². The van der Waals surface area contributed by atoms with Gasteiger partial charge in [0.25, 0.3) is 5.91 Å². The Morgan fingerprint density at radius 2 is 2.17 bits per heavy atom. The molecule has 1 amide bonds. The number of aryl methyl sites for hydroxylation is 1. The van der Waals surface area contributed by atoms with Gasteiger partial charge >= 0.3 is 0 Å². The predicted molar refractivity (Wildman–Crippen MR) is 85.2 cm³/mol. The van der Waals surface area contributed by atoms with Crippen LogP contribution in [0.15, 0.2) is 47.6 Å². The number of nitrogens with one attached hydrogen (secondary N) is 1. The summed E-state index contributed by atoms with van der Waals surface area (Å²) in [5.74, 6) is -0.0561. The standard InChI is InChI=1S/C17H15N3O3/c1-12-6-7-15(21)14(8-12)10-19-20-17(22)11-23-16-5-3-2-4-13(16)9-18/h2-8,10,21H,11H2,1H3,(H,20,22). The van der Waals surface area contributed by atoms with Gasteiger partial charge in [0.2, 0.25) is 0 Å². The van der Waals surface area contributed by atoms with Gasteiger partial charge < -0.3 is 9.84 Å². The Hall–Kier alpha value is -3.33. The molecule has 116 valence electrons. The van der Waals surface area contributed by atoms with Gasteiger partial charge in [0.05, 0.1) is 11.8 Å². The number of nitrogens with zero attached hydrogens (tertiary/aromatic N) is 2. The van der Waals surface area contributed by atoms with Gasteiger partial charge in [-0.05, 0) is 31.2 Å². The molecule has 0 aliphatic carbocycles. The number of aromatic hydroxyl groups is 1. The molecule has 2 aromatic carbocycles. The number of rotatable bonds is 5. The number of ether oxygens (including phenoxy) is 1. The Balaban J connectivity index is 1.89. The second-order valence-corrected chi connectivity index (χ2v) is 4.75. The lowest BCUT2D eigenvalue weighted by molar-refractivity contribution is -0.123. The second-order valence-electron chi connectivity index (χ2n) is 4.75. The van der Waals surface area contributed by atoms with Gasteiger partial charge in [0.1, 0.15) is 17.6 Å². The Bertz CT molecular complexity index is 779. The first-order valence-corrected chi connectivity index (χ1v) is 6.83. The average Bonchev–Trinajstić information content (AvgIpc) is 2.56. The molecule has 2 rings (SSSR count). The van der Waals surface area contributed by atoms with E-state index in [4.69, 9.17) is 10.00 Å². The van der Waals surface area contributed by atoms with E-state index in [0.717, 1.165) is 5.56 Å². The smallest absolute Gasteiger partial charge is 0.277 e. The summed E-state index contributed by atoms with van der Waals surface area (Å²) in [5.41, 5.74) is 4.12. The molecule has 0 aromatic heterocycles. The fourth-order valence-corrected chi connectivity index (χ4v) is 1.81. The number of para-hydroxylation sites is 1. The number of hydrogen-bond donors (Lipinski definition) is 2. The first-order chi connectivity index (χ1) is 11.1. The van der Waals surface area contributed by atoms with Crippen LogP contribution in [0.3, 0.4) is 0 Å². The number of amides is 1. The largest absolute Gasteiger partial charge is 0.507 e. The molecule has 0 saturated carbocycles. The van der Waals surface area contributed by atoms with Gasteiger partial charge in [-0.2, -0.15) is 10.4 Å². The van der Waals surface area contributed by atoms with E-state index in [9.17, 15) is 9.90 Å². The molecule has 23 heavy (non-hydrogen) atoms. The zero-order valence-corrected chi connectivity index (χ0v) is 12.5. The summed E-state index contributed by atoms with van der Waals surface area (Å²) in [4.78, 5) is 11.7. The number of carbonyl (C=O) groups excluding carboxylic acids is 1. The van der Waals surface area contributed by atoms with Crippen LogP contribution in [-0.4, -0.2) is 23.8 Å². The van der Waals surface area contributed by atoms with Crippen molar-refractivity contribution in [2.75, 3.05) is 6.61 Å².